The number of nitrogens with one attached hydrogen (secondary N) is 1. The molecule has 2 aliphatic heterocycles. The Bertz CT molecular complexity index is 580. The van der Waals surface area contributed by atoms with Gasteiger partial charge in [-0.3, -0.25) is 10.00 Å². The van der Waals surface area contributed by atoms with Gasteiger partial charge in [-0.15, -0.1) is 0 Å². The van der Waals surface area contributed by atoms with Gasteiger partial charge in [-0.25, -0.2) is 8.42 Å². The minimum Gasteiger partial charge on any atom is -0.381 e. The molecule has 0 saturated carbocycles. The molecule has 3 rings (SSSR count). The molecule has 21 heavy (non-hydrogen) atoms. The normalized spacial score (nSPS) is 26.0. The highest BCUT2D eigenvalue weighted by Crippen LogP contribution is 2.31. The van der Waals surface area contributed by atoms with Gasteiger partial charge in [0.2, 0.25) is 0 Å². The predicted octanol–water partition coefficient (Wildman–Crippen LogP) is 0.365. The maximum Gasteiger partial charge on any atom is 0.178 e. The highest BCUT2D eigenvalue weighted by Gasteiger charge is 2.35. The van der Waals surface area contributed by atoms with Crippen LogP contribution in [-0.2, 0) is 19.3 Å². The third-order valence-electron chi connectivity index (χ3n) is 4.19. The van der Waals surface area contributed by atoms with Crippen molar-refractivity contribution < 1.29 is 17.9 Å². The third-order valence-corrected chi connectivity index (χ3v) is 5.32. The fourth-order valence-electron chi connectivity index (χ4n) is 3.14. The molecule has 3 heterocycles. The lowest BCUT2D eigenvalue weighted by atomic mass is 10.0. The molecule has 118 valence electrons. The second-order valence-corrected chi connectivity index (χ2v) is 7.58. The maximum atomic E-state index is 11.9. The number of H-pyrrole nitrogens is 1. The quantitative estimate of drug-likeness (QED) is 0.867. The summed E-state index contributed by atoms with van der Waals surface area (Å²) in [5.74, 6) is 0. The van der Waals surface area contributed by atoms with Gasteiger partial charge in [0.25, 0.3) is 0 Å². The van der Waals surface area contributed by atoms with E-state index in [1.54, 1.807) is 0 Å². The smallest absolute Gasteiger partial charge is 0.178 e. The van der Waals surface area contributed by atoms with Gasteiger partial charge >= 0.3 is 0 Å². The van der Waals surface area contributed by atoms with Gasteiger partial charge in [0.15, 0.2) is 9.84 Å². The molecule has 2 saturated heterocycles. The first-order chi connectivity index (χ1) is 10.1. The Kier molecular flexibility index (Phi) is 4.30. The Morgan fingerprint density at radius 3 is 2.76 bits per heavy atom. The van der Waals surface area contributed by atoms with Crippen molar-refractivity contribution in [2.75, 3.05) is 39.2 Å². The van der Waals surface area contributed by atoms with E-state index in [9.17, 15) is 8.42 Å². The van der Waals surface area contributed by atoms with Crippen molar-refractivity contribution in [2.24, 2.45) is 0 Å². The molecule has 8 heteroatoms. The van der Waals surface area contributed by atoms with Crippen LogP contribution in [0.25, 0.3) is 0 Å². The zero-order valence-corrected chi connectivity index (χ0v) is 12.9. The summed E-state index contributed by atoms with van der Waals surface area (Å²) in [5.41, 5.74) is 0.642. The number of ether oxygens (including phenoxy) is 2. The average molecular weight is 315 g/mol. The SMILES string of the molecule is CS(=O)(=O)c1cn[nH]c1[C@H]1COCCN1C1CCOCC1. The van der Waals surface area contributed by atoms with Crippen molar-refractivity contribution in [1.29, 1.82) is 0 Å². The Hall–Kier alpha value is -0.960. The fraction of sp³-hybridized carbons (Fsp3) is 0.769. The molecule has 1 aromatic heterocycles. The Morgan fingerprint density at radius 1 is 1.29 bits per heavy atom. The largest absolute Gasteiger partial charge is 0.381 e. The fourth-order valence-corrected chi connectivity index (χ4v) is 3.96. The number of aromatic amines is 1. The molecule has 1 atom stereocenters. The van der Waals surface area contributed by atoms with Gasteiger partial charge in [0.1, 0.15) is 4.90 Å². The lowest BCUT2D eigenvalue weighted by molar-refractivity contribution is -0.0586. The number of sulfone groups is 1. The summed E-state index contributed by atoms with van der Waals surface area (Å²) >= 11 is 0. The molecule has 0 aromatic carbocycles. The van der Waals surface area contributed by atoms with Gasteiger partial charge in [0.05, 0.1) is 31.1 Å². The van der Waals surface area contributed by atoms with E-state index < -0.39 is 9.84 Å². The molecule has 2 fully saturated rings. The lowest BCUT2D eigenvalue weighted by Gasteiger charge is -2.42. The highest BCUT2D eigenvalue weighted by molar-refractivity contribution is 7.90. The van der Waals surface area contributed by atoms with E-state index >= 15 is 0 Å². The van der Waals surface area contributed by atoms with Crippen LogP contribution >= 0.6 is 0 Å². The summed E-state index contributed by atoms with van der Waals surface area (Å²) in [4.78, 5) is 2.61. The monoisotopic (exact) mass is 315 g/mol. The van der Waals surface area contributed by atoms with Crippen LogP contribution in [0.1, 0.15) is 24.6 Å². The molecular formula is C13H21N3O4S. The molecule has 0 unspecified atom stereocenters. The van der Waals surface area contributed by atoms with Crippen LogP contribution in [-0.4, -0.2) is 68.8 Å². The van der Waals surface area contributed by atoms with Crippen molar-refractivity contribution >= 4 is 9.84 Å². The van der Waals surface area contributed by atoms with Crippen molar-refractivity contribution in [2.45, 2.75) is 29.8 Å². The third kappa shape index (κ3) is 3.13. The summed E-state index contributed by atoms with van der Waals surface area (Å²) < 4.78 is 34.8. The van der Waals surface area contributed by atoms with E-state index in [4.69, 9.17) is 9.47 Å². The van der Waals surface area contributed by atoms with Gasteiger partial charge in [-0.05, 0) is 12.8 Å². The molecule has 1 N–H and O–H groups in total. The highest BCUT2D eigenvalue weighted by atomic mass is 32.2. The lowest BCUT2D eigenvalue weighted by Crippen LogP contribution is -2.48. The first-order valence-electron chi connectivity index (χ1n) is 7.22. The van der Waals surface area contributed by atoms with E-state index in [-0.39, 0.29) is 10.9 Å². The molecule has 0 radical (unpaired) electrons. The van der Waals surface area contributed by atoms with Gasteiger partial charge < -0.3 is 9.47 Å². The summed E-state index contributed by atoms with van der Waals surface area (Å²) in [6.45, 7) is 3.49. The summed E-state index contributed by atoms with van der Waals surface area (Å²) in [6.07, 6.45) is 4.54. The van der Waals surface area contributed by atoms with E-state index in [0.29, 0.717) is 24.9 Å². The van der Waals surface area contributed by atoms with Gasteiger partial charge in [-0.2, -0.15) is 5.10 Å². The molecular weight excluding hydrogens is 294 g/mol. The molecule has 1 aromatic rings. The number of hydrogen-bond acceptors (Lipinski definition) is 6. The van der Waals surface area contributed by atoms with Crippen molar-refractivity contribution in [1.82, 2.24) is 15.1 Å². The minimum atomic E-state index is -3.29. The van der Waals surface area contributed by atoms with E-state index in [1.165, 1.54) is 12.5 Å². The van der Waals surface area contributed by atoms with Crippen molar-refractivity contribution in [3.8, 4) is 0 Å². The minimum absolute atomic E-state index is 0.0888. The summed E-state index contributed by atoms with van der Waals surface area (Å²) in [7, 11) is -3.29. The first kappa shape index (κ1) is 15.0. The van der Waals surface area contributed by atoms with Crippen LogP contribution in [0.15, 0.2) is 11.1 Å². The second-order valence-electron chi connectivity index (χ2n) is 5.59. The van der Waals surface area contributed by atoms with Gasteiger partial charge in [0, 0.05) is 32.1 Å². The Balaban J connectivity index is 1.89. The van der Waals surface area contributed by atoms with Crippen LogP contribution in [0.2, 0.25) is 0 Å². The zero-order valence-electron chi connectivity index (χ0n) is 12.1. The molecule has 0 spiro atoms. The molecule has 2 aliphatic rings. The number of rotatable bonds is 3. The maximum absolute atomic E-state index is 11.9. The van der Waals surface area contributed by atoms with Crippen molar-refractivity contribution in [3.05, 3.63) is 11.9 Å². The zero-order chi connectivity index (χ0) is 14.9. The van der Waals surface area contributed by atoms with E-state index in [2.05, 4.69) is 15.1 Å². The van der Waals surface area contributed by atoms with Gasteiger partial charge in [-0.1, -0.05) is 0 Å². The molecule has 0 amide bonds. The Labute approximate surface area is 124 Å². The number of morpholine rings is 1. The topological polar surface area (TPSA) is 84.5 Å². The number of aromatic nitrogens is 2. The number of nitrogens with zero attached hydrogens (tertiary/aromatic N) is 2. The molecule has 0 aliphatic carbocycles. The second kappa shape index (κ2) is 6.04. The molecule has 0 bridgehead atoms. The van der Waals surface area contributed by atoms with Crippen LogP contribution in [0.5, 0.6) is 0 Å². The van der Waals surface area contributed by atoms with Crippen LogP contribution < -0.4 is 0 Å². The predicted molar refractivity (Wildman–Crippen MR) is 75.8 cm³/mol. The standard InChI is InChI=1S/C13H21N3O4S/c1-21(17,18)12-8-14-15-13(12)11-9-20-7-4-16(11)10-2-5-19-6-3-10/h8,10-11H,2-7,9H2,1H3,(H,14,15)/t11-/m1/s1. The molecule has 7 nitrogen and oxygen atoms in total. The van der Waals surface area contributed by atoms with Crippen molar-refractivity contribution in [3.63, 3.8) is 0 Å². The van der Waals surface area contributed by atoms with E-state index in [1.807, 2.05) is 0 Å². The Morgan fingerprint density at radius 2 is 2.05 bits per heavy atom. The van der Waals surface area contributed by atoms with E-state index in [0.717, 1.165) is 32.6 Å². The van der Waals surface area contributed by atoms with Crippen LogP contribution in [0, 0.1) is 0 Å². The summed E-state index contributed by atoms with van der Waals surface area (Å²) in [6, 6.07) is 0.317. The first-order valence-corrected chi connectivity index (χ1v) is 9.11. The number of hydrogen-bond donors (Lipinski definition) is 1. The van der Waals surface area contributed by atoms with Crippen LogP contribution in [0.3, 0.4) is 0 Å². The average Bonchev–Trinajstić information content (AvgIpc) is 2.98. The van der Waals surface area contributed by atoms with Crippen LogP contribution in [0.4, 0.5) is 0 Å². The summed E-state index contributed by atoms with van der Waals surface area (Å²) in [5, 5.41) is 6.80.